The minimum Gasteiger partial charge on any atom is -0.485 e. The van der Waals surface area contributed by atoms with E-state index in [0.717, 1.165) is 12.1 Å². The molecule has 0 aliphatic rings. The summed E-state index contributed by atoms with van der Waals surface area (Å²) in [5.41, 5.74) is -0.437. The van der Waals surface area contributed by atoms with Gasteiger partial charge in [-0.25, -0.2) is 12.8 Å². The number of nitrogens with zero attached hydrogens (tertiary/aromatic N) is 1. The SMILES string of the molecule is O=[N+]([O-])c1cccc(F)c1OCCCCCS(=O)(=O)Cl. The molecule has 0 spiro atoms. The van der Waals surface area contributed by atoms with Gasteiger partial charge in [0.15, 0.2) is 5.82 Å². The van der Waals surface area contributed by atoms with Crippen LogP contribution in [-0.4, -0.2) is 25.7 Å². The van der Waals surface area contributed by atoms with Crippen molar-refractivity contribution < 1.29 is 22.5 Å². The Labute approximate surface area is 120 Å². The van der Waals surface area contributed by atoms with Crippen molar-refractivity contribution >= 4 is 25.4 Å². The predicted octanol–water partition coefficient (Wildman–Crippen LogP) is 2.85. The molecule has 0 atom stereocenters. The molecule has 0 N–H and O–H groups in total. The number of benzene rings is 1. The van der Waals surface area contributed by atoms with Gasteiger partial charge in [-0.3, -0.25) is 10.1 Å². The minimum absolute atomic E-state index is 0.0596. The van der Waals surface area contributed by atoms with Gasteiger partial charge in [0, 0.05) is 16.7 Å². The first-order chi connectivity index (χ1) is 9.31. The highest BCUT2D eigenvalue weighted by Crippen LogP contribution is 2.29. The van der Waals surface area contributed by atoms with Crippen LogP contribution in [0.5, 0.6) is 5.75 Å². The maximum atomic E-state index is 13.4. The zero-order valence-corrected chi connectivity index (χ0v) is 12.0. The zero-order chi connectivity index (χ0) is 15.2. The Morgan fingerprint density at radius 1 is 1.30 bits per heavy atom. The van der Waals surface area contributed by atoms with Crippen LogP contribution < -0.4 is 4.74 Å². The molecule has 0 fully saturated rings. The average molecular weight is 326 g/mol. The maximum Gasteiger partial charge on any atom is 0.314 e. The quantitative estimate of drug-likeness (QED) is 0.317. The van der Waals surface area contributed by atoms with E-state index in [9.17, 15) is 22.9 Å². The number of hydrogen-bond donors (Lipinski definition) is 0. The molecule has 0 aromatic heterocycles. The van der Waals surface area contributed by atoms with E-state index in [1.54, 1.807) is 0 Å². The topological polar surface area (TPSA) is 86.5 Å². The Morgan fingerprint density at radius 2 is 2.00 bits per heavy atom. The van der Waals surface area contributed by atoms with Gasteiger partial charge in [0.05, 0.1) is 17.3 Å². The van der Waals surface area contributed by atoms with Crippen LogP contribution >= 0.6 is 10.7 Å². The van der Waals surface area contributed by atoms with E-state index in [-0.39, 0.29) is 12.4 Å². The molecular weight excluding hydrogens is 313 g/mol. The first kappa shape index (κ1) is 16.6. The van der Waals surface area contributed by atoms with Gasteiger partial charge < -0.3 is 4.74 Å². The van der Waals surface area contributed by atoms with Gasteiger partial charge in [-0.15, -0.1) is 0 Å². The average Bonchev–Trinajstić information content (AvgIpc) is 2.33. The third-order valence-corrected chi connectivity index (χ3v) is 3.66. The van der Waals surface area contributed by atoms with E-state index in [1.165, 1.54) is 6.07 Å². The third kappa shape index (κ3) is 5.70. The van der Waals surface area contributed by atoms with Crippen LogP contribution in [0.15, 0.2) is 18.2 Å². The van der Waals surface area contributed by atoms with Crippen molar-refractivity contribution in [3.05, 3.63) is 34.1 Å². The molecule has 112 valence electrons. The molecule has 0 saturated heterocycles. The molecule has 0 heterocycles. The van der Waals surface area contributed by atoms with Gasteiger partial charge in [0.2, 0.25) is 14.8 Å². The second kappa shape index (κ2) is 7.39. The molecule has 6 nitrogen and oxygen atoms in total. The molecule has 0 saturated carbocycles. The van der Waals surface area contributed by atoms with E-state index in [4.69, 9.17) is 15.4 Å². The van der Waals surface area contributed by atoms with Crippen molar-refractivity contribution in [2.45, 2.75) is 19.3 Å². The maximum absolute atomic E-state index is 13.4. The largest absolute Gasteiger partial charge is 0.485 e. The van der Waals surface area contributed by atoms with Crippen molar-refractivity contribution in [2.24, 2.45) is 0 Å². The normalized spacial score (nSPS) is 11.3. The number of ether oxygens (including phenoxy) is 1. The summed E-state index contributed by atoms with van der Waals surface area (Å²) in [5.74, 6) is -1.35. The van der Waals surface area contributed by atoms with Crippen molar-refractivity contribution in [3.8, 4) is 5.75 Å². The van der Waals surface area contributed by atoms with Crippen LogP contribution in [0.1, 0.15) is 19.3 Å². The van der Waals surface area contributed by atoms with E-state index in [2.05, 4.69) is 0 Å². The fourth-order valence-electron chi connectivity index (χ4n) is 1.51. The Bertz CT molecular complexity index is 578. The first-order valence-electron chi connectivity index (χ1n) is 5.79. The van der Waals surface area contributed by atoms with Gasteiger partial charge >= 0.3 is 5.69 Å². The van der Waals surface area contributed by atoms with Crippen LogP contribution in [0.3, 0.4) is 0 Å². The molecular formula is C11H13ClFNO5S. The highest BCUT2D eigenvalue weighted by Gasteiger charge is 2.19. The molecule has 20 heavy (non-hydrogen) atoms. The fraction of sp³-hybridized carbons (Fsp3) is 0.455. The first-order valence-corrected chi connectivity index (χ1v) is 8.27. The van der Waals surface area contributed by atoms with Crippen LogP contribution in [-0.2, 0) is 9.05 Å². The van der Waals surface area contributed by atoms with E-state index in [0.29, 0.717) is 19.3 Å². The second-order valence-electron chi connectivity index (χ2n) is 4.00. The number of nitro groups is 1. The summed E-state index contributed by atoms with van der Waals surface area (Å²) >= 11 is 0. The Kier molecular flexibility index (Phi) is 6.15. The smallest absolute Gasteiger partial charge is 0.314 e. The van der Waals surface area contributed by atoms with Gasteiger partial charge in [-0.2, -0.15) is 0 Å². The van der Waals surface area contributed by atoms with E-state index >= 15 is 0 Å². The number of para-hydroxylation sites is 1. The summed E-state index contributed by atoms with van der Waals surface area (Å²) in [6, 6.07) is 3.45. The Hall–Kier alpha value is -1.41. The molecule has 0 aliphatic heterocycles. The van der Waals surface area contributed by atoms with Gasteiger partial charge in [-0.05, 0) is 25.3 Å². The Morgan fingerprint density at radius 3 is 2.60 bits per heavy atom. The molecule has 1 aromatic rings. The summed E-state index contributed by atoms with van der Waals surface area (Å²) in [4.78, 5) is 9.97. The number of hydrogen-bond acceptors (Lipinski definition) is 5. The van der Waals surface area contributed by atoms with Gasteiger partial charge in [-0.1, -0.05) is 6.07 Å². The number of unbranched alkanes of at least 4 members (excludes halogenated alkanes) is 2. The Balaban J connectivity index is 2.45. The summed E-state index contributed by atoms with van der Waals surface area (Å²) in [5, 5.41) is 10.7. The standard InChI is InChI=1S/C11H13ClFNO5S/c12-20(17,18)8-3-1-2-7-19-11-9(13)5-4-6-10(11)14(15)16/h4-6H,1-3,7-8H2. The number of rotatable bonds is 8. The van der Waals surface area contributed by atoms with Crippen molar-refractivity contribution in [3.63, 3.8) is 0 Å². The third-order valence-electron chi connectivity index (χ3n) is 2.42. The molecule has 0 radical (unpaired) electrons. The number of halogens is 2. The lowest BCUT2D eigenvalue weighted by Crippen LogP contribution is -2.04. The van der Waals surface area contributed by atoms with Crippen molar-refractivity contribution in [1.29, 1.82) is 0 Å². The van der Waals surface area contributed by atoms with E-state index in [1.807, 2.05) is 0 Å². The van der Waals surface area contributed by atoms with Crippen LogP contribution in [0.4, 0.5) is 10.1 Å². The highest BCUT2D eigenvalue weighted by atomic mass is 35.7. The fourth-order valence-corrected chi connectivity index (χ4v) is 2.39. The van der Waals surface area contributed by atoms with Gasteiger partial charge in [0.1, 0.15) is 0 Å². The van der Waals surface area contributed by atoms with Crippen LogP contribution in [0.2, 0.25) is 0 Å². The minimum atomic E-state index is -3.51. The van der Waals surface area contributed by atoms with Crippen LogP contribution in [0, 0.1) is 15.9 Å². The molecule has 0 amide bonds. The molecule has 0 unspecified atom stereocenters. The predicted molar refractivity (Wildman–Crippen MR) is 72.0 cm³/mol. The molecule has 9 heteroatoms. The summed E-state index contributed by atoms with van der Waals surface area (Å²) < 4.78 is 39.8. The summed E-state index contributed by atoms with van der Waals surface area (Å²) in [6.07, 6.45) is 1.31. The van der Waals surface area contributed by atoms with Crippen LogP contribution in [0.25, 0.3) is 0 Å². The monoisotopic (exact) mass is 325 g/mol. The summed E-state index contributed by atoms with van der Waals surface area (Å²) in [7, 11) is 1.53. The summed E-state index contributed by atoms with van der Waals surface area (Å²) in [6.45, 7) is 0.0596. The second-order valence-corrected chi connectivity index (χ2v) is 6.89. The van der Waals surface area contributed by atoms with Crippen molar-refractivity contribution in [1.82, 2.24) is 0 Å². The van der Waals surface area contributed by atoms with E-state index < -0.39 is 31.2 Å². The lowest BCUT2D eigenvalue weighted by Gasteiger charge is -2.07. The zero-order valence-electron chi connectivity index (χ0n) is 10.4. The highest BCUT2D eigenvalue weighted by molar-refractivity contribution is 8.13. The van der Waals surface area contributed by atoms with Crippen molar-refractivity contribution in [2.75, 3.05) is 12.4 Å². The number of nitro benzene ring substituents is 1. The molecule has 1 rings (SSSR count). The lowest BCUT2D eigenvalue weighted by atomic mass is 10.2. The lowest BCUT2D eigenvalue weighted by molar-refractivity contribution is -0.386. The molecule has 0 aliphatic carbocycles. The van der Waals surface area contributed by atoms with Gasteiger partial charge in [0.25, 0.3) is 0 Å². The molecule has 0 bridgehead atoms. The molecule has 1 aromatic carbocycles.